The van der Waals surface area contributed by atoms with Gasteiger partial charge in [0.15, 0.2) is 0 Å². The van der Waals surface area contributed by atoms with Crippen LogP contribution >= 0.6 is 0 Å². The maximum atomic E-state index is 3.74. The third-order valence-electron chi connectivity index (χ3n) is 10.9. The van der Waals surface area contributed by atoms with E-state index in [-0.39, 0.29) is 0 Å². The molecule has 1 rings (SSSR count). The van der Waals surface area contributed by atoms with Crippen molar-refractivity contribution in [2.24, 2.45) is 0 Å². The van der Waals surface area contributed by atoms with Gasteiger partial charge in [0.1, 0.15) is 12.4 Å². The summed E-state index contributed by atoms with van der Waals surface area (Å²) < 4.78 is 2.63. The first-order valence-electron chi connectivity index (χ1n) is 21.8. The highest BCUT2D eigenvalue weighted by Gasteiger charge is 2.25. The largest absolute Gasteiger partial charge is 0.257 e. The van der Waals surface area contributed by atoms with Crippen molar-refractivity contribution in [3.8, 4) is 0 Å². The number of hydrogen-bond donors (Lipinski definition) is 1. The van der Waals surface area contributed by atoms with Crippen LogP contribution in [0.1, 0.15) is 270 Å². The summed E-state index contributed by atoms with van der Waals surface area (Å²) in [5.74, 6) is 2.24. The molecule has 1 aromatic rings. The van der Waals surface area contributed by atoms with Gasteiger partial charge in [0.25, 0.3) is 5.82 Å². The Hall–Kier alpha value is -0.790. The fourth-order valence-electron chi connectivity index (χ4n) is 7.66. The Morgan fingerprint density at radius 1 is 0.413 bits per heavy atom. The quantitative estimate of drug-likeness (QED) is 0.0550. The van der Waals surface area contributed by atoms with Crippen molar-refractivity contribution in [2.45, 2.75) is 264 Å². The second kappa shape index (κ2) is 34.1. The first-order chi connectivity index (χ1) is 22.7. The van der Waals surface area contributed by atoms with Gasteiger partial charge in [-0.15, -0.1) is 0 Å². The molecule has 0 aliphatic heterocycles. The molecule has 0 aliphatic carbocycles. The molecule has 0 aliphatic rings. The Labute approximate surface area is 291 Å². The molecule has 1 heterocycles. The number of nitrogens with one attached hydrogen (secondary N) is 1. The number of hydrogen-bond acceptors (Lipinski definition) is 0. The highest BCUT2D eigenvalue weighted by Crippen LogP contribution is 2.27. The highest BCUT2D eigenvalue weighted by molar-refractivity contribution is 4.90. The fourth-order valence-corrected chi connectivity index (χ4v) is 7.66. The molecule has 2 nitrogen and oxygen atoms in total. The number of aromatic nitrogens is 2. The zero-order chi connectivity index (χ0) is 33.2. The average Bonchev–Trinajstić information content (AvgIpc) is 3.56. The second-order valence-corrected chi connectivity index (χ2v) is 15.4. The maximum absolute atomic E-state index is 3.74. The van der Waals surface area contributed by atoms with Crippen LogP contribution in [0.2, 0.25) is 0 Å². The fraction of sp³-hybridized carbons (Fsp3) is 0.932. The van der Waals surface area contributed by atoms with Crippen LogP contribution < -0.4 is 4.57 Å². The number of H-pyrrole nitrogens is 1. The minimum atomic E-state index is 0.619. The van der Waals surface area contributed by atoms with Crippen LogP contribution in [0, 0.1) is 0 Å². The summed E-state index contributed by atoms with van der Waals surface area (Å²) in [6.07, 6.45) is 54.7. The van der Waals surface area contributed by atoms with E-state index >= 15 is 0 Å². The van der Waals surface area contributed by atoms with Crippen molar-refractivity contribution in [1.29, 1.82) is 0 Å². The molecule has 2 unspecified atom stereocenters. The van der Waals surface area contributed by atoms with Crippen molar-refractivity contribution in [3.05, 3.63) is 18.2 Å². The van der Waals surface area contributed by atoms with Gasteiger partial charge >= 0.3 is 0 Å². The molecule has 1 aromatic heterocycles. The van der Waals surface area contributed by atoms with Crippen LogP contribution in [0.25, 0.3) is 0 Å². The lowest BCUT2D eigenvalue weighted by atomic mass is 9.93. The molecule has 0 radical (unpaired) electrons. The van der Waals surface area contributed by atoms with Gasteiger partial charge in [0.2, 0.25) is 0 Å². The van der Waals surface area contributed by atoms with Gasteiger partial charge in [0.05, 0.1) is 12.0 Å². The normalized spacial score (nSPS) is 13.0. The summed E-state index contributed by atoms with van der Waals surface area (Å²) in [6, 6.07) is 0.619. The molecule has 0 fully saturated rings. The second-order valence-electron chi connectivity index (χ2n) is 15.4. The van der Waals surface area contributed by atoms with E-state index in [1.54, 1.807) is 0 Å². The Morgan fingerprint density at radius 2 is 0.696 bits per heavy atom. The van der Waals surface area contributed by atoms with Crippen molar-refractivity contribution in [1.82, 2.24) is 4.98 Å². The van der Waals surface area contributed by atoms with Crippen molar-refractivity contribution in [2.75, 3.05) is 0 Å². The number of rotatable bonds is 37. The van der Waals surface area contributed by atoms with Crippen molar-refractivity contribution in [3.63, 3.8) is 0 Å². The van der Waals surface area contributed by atoms with Crippen LogP contribution in [-0.2, 0) is 0 Å². The molecule has 2 heteroatoms. The summed E-state index contributed by atoms with van der Waals surface area (Å²) in [7, 11) is 0. The van der Waals surface area contributed by atoms with E-state index in [0.717, 1.165) is 0 Å². The molecule has 0 amide bonds. The van der Waals surface area contributed by atoms with E-state index in [9.17, 15) is 0 Å². The van der Waals surface area contributed by atoms with Crippen molar-refractivity contribution < 1.29 is 4.57 Å². The van der Waals surface area contributed by atoms with Crippen LogP contribution in [0.5, 0.6) is 0 Å². The first kappa shape index (κ1) is 43.2. The molecule has 46 heavy (non-hydrogen) atoms. The molecule has 0 saturated heterocycles. The molecular formula is C44H87N2+. The molecule has 0 saturated carbocycles. The van der Waals surface area contributed by atoms with Gasteiger partial charge in [-0.2, -0.15) is 0 Å². The van der Waals surface area contributed by atoms with Crippen molar-refractivity contribution >= 4 is 0 Å². The van der Waals surface area contributed by atoms with Crippen LogP contribution in [0.3, 0.4) is 0 Å². The van der Waals surface area contributed by atoms with Crippen LogP contribution in [-0.4, -0.2) is 4.98 Å². The standard InChI is InChI=1S/C44H86N2/c1-5-8-11-14-16-18-20-21-22-23-24-25-27-29-31-33-36-39-43(38-35-13-10-7-3)44-45-40-41-46(44)42(4)37-34-32-30-28-26-19-17-15-12-9-6-2/h40-43H,5-39H2,1-4H3/p+1. The zero-order valence-electron chi connectivity index (χ0n) is 32.5. The smallest absolute Gasteiger partial charge is 0.247 e. The number of nitrogens with zero attached hydrogens (tertiary/aromatic N) is 1. The lowest BCUT2D eigenvalue weighted by Crippen LogP contribution is -2.41. The summed E-state index contributed by atoms with van der Waals surface area (Å²) in [6.45, 7) is 9.43. The van der Waals surface area contributed by atoms with Crippen LogP contribution in [0.15, 0.2) is 12.4 Å². The SMILES string of the molecule is CCCCCCCCCCCCCCCCCCCC(CCCCCC)c1[nH]cc[n+]1C(C)CCCCCCCCCCCCC. The lowest BCUT2D eigenvalue weighted by Gasteiger charge is -2.17. The van der Waals surface area contributed by atoms with E-state index in [0.29, 0.717) is 12.0 Å². The molecule has 0 spiro atoms. The Kier molecular flexibility index (Phi) is 32.0. The van der Waals surface area contributed by atoms with Gasteiger partial charge in [-0.25, -0.2) is 9.55 Å². The minimum absolute atomic E-state index is 0.619. The van der Waals surface area contributed by atoms with E-state index < -0.39 is 0 Å². The summed E-state index contributed by atoms with van der Waals surface area (Å²) in [4.78, 5) is 3.74. The molecular weight excluding hydrogens is 556 g/mol. The molecule has 0 aromatic carbocycles. The Balaban J connectivity index is 2.22. The molecule has 1 N–H and O–H groups in total. The average molecular weight is 644 g/mol. The third kappa shape index (κ3) is 25.3. The predicted octanol–water partition coefficient (Wildman–Crippen LogP) is 15.7. The lowest BCUT2D eigenvalue weighted by molar-refractivity contribution is -0.727. The predicted molar refractivity (Wildman–Crippen MR) is 207 cm³/mol. The number of imidazole rings is 1. The Morgan fingerprint density at radius 3 is 1.04 bits per heavy atom. The zero-order valence-corrected chi connectivity index (χ0v) is 32.5. The first-order valence-corrected chi connectivity index (χ1v) is 21.8. The van der Waals surface area contributed by atoms with E-state index in [1.165, 1.54) is 231 Å². The monoisotopic (exact) mass is 644 g/mol. The minimum Gasteiger partial charge on any atom is -0.247 e. The van der Waals surface area contributed by atoms with Gasteiger partial charge in [-0.1, -0.05) is 220 Å². The van der Waals surface area contributed by atoms with Crippen LogP contribution in [0.4, 0.5) is 0 Å². The summed E-state index contributed by atoms with van der Waals surface area (Å²) in [5, 5.41) is 0. The van der Waals surface area contributed by atoms with Gasteiger partial charge in [-0.3, -0.25) is 0 Å². The van der Waals surface area contributed by atoms with E-state index in [2.05, 4.69) is 49.6 Å². The molecule has 2 atom stereocenters. The number of unbranched alkanes of at least 4 members (excludes halogenated alkanes) is 29. The van der Waals surface area contributed by atoms with Gasteiger partial charge in [0, 0.05) is 0 Å². The highest BCUT2D eigenvalue weighted by atomic mass is 15.1. The third-order valence-corrected chi connectivity index (χ3v) is 10.9. The summed E-state index contributed by atoms with van der Waals surface area (Å²) in [5.41, 5.74) is 0. The molecule has 272 valence electrons. The van der Waals surface area contributed by atoms with Gasteiger partial charge < -0.3 is 0 Å². The summed E-state index contributed by atoms with van der Waals surface area (Å²) >= 11 is 0. The Bertz CT molecular complexity index is 709. The number of aromatic amines is 1. The topological polar surface area (TPSA) is 19.7 Å². The van der Waals surface area contributed by atoms with E-state index in [4.69, 9.17) is 0 Å². The maximum Gasteiger partial charge on any atom is 0.257 e. The molecule has 0 bridgehead atoms. The van der Waals surface area contributed by atoms with E-state index in [1.807, 2.05) is 0 Å². The van der Waals surface area contributed by atoms with Gasteiger partial charge in [-0.05, 0) is 32.6 Å².